The van der Waals surface area contributed by atoms with Gasteiger partial charge in [-0.05, 0) is 44.2 Å². The number of pyridine rings is 1. The van der Waals surface area contributed by atoms with E-state index in [0.717, 1.165) is 17.9 Å². The summed E-state index contributed by atoms with van der Waals surface area (Å²) in [7, 11) is 2.03. The van der Waals surface area contributed by atoms with Crippen LogP contribution in [-0.2, 0) is 6.54 Å². The Bertz CT molecular complexity index is 516. The molecule has 0 saturated heterocycles. The lowest BCUT2D eigenvalue weighted by Gasteiger charge is -2.13. The summed E-state index contributed by atoms with van der Waals surface area (Å²) in [5, 5.41) is 3.38. The Morgan fingerprint density at radius 1 is 1.32 bits per heavy atom. The normalized spacial score (nSPS) is 12.6. The fourth-order valence-electron chi connectivity index (χ4n) is 2.40. The molecular weight excluding hydrogens is 234 g/mol. The Morgan fingerprint density at radius 3 is 2.84 bits per heavy atom. The van der Waals surface area contributed by atoms with Crippen LogP contribution in [0.2, 0.25) is 0 Å². The Morgan fingerprint density at radius 2 is 2.16 bits per heavy atom. The average Bonchev–Trinajstić information content (AvgIpc) is 2.84. The van der Waals surface area contributed by atoms with Gasteiger partial charge in [0.2, 0.25) is 0 Å². The fraction of sp³-hybridized carbons (Fsp3) is 0.438. The van der Waals surface area contributed by atoms with Gasteiger partial charge in [0.05, 0.1) is 12.2 Å². The van der Waals surface area contributed by atoms with E-state index in [4.69, 9.17) is 0 Å². The molecule has 2 rings (SSSR count). The van der Waals surface area contributed by atoms with Gasteiger partial charge in [-0.25, -0.2) is 0 Å². The van der Waals surface area contributed by atoms with E-state index < -0.39 is 0 Å². The van der Waals surface area contributed by atoms with Gasteiger partial charge in [-0.1, -0.05) is 19.4 Å². The van der Waals surface area contributed by atoms with E-state index in [1.54, 1.807) is 0 Å². The molecule has 0 bridgehead atoms. The standard InChI is InChI=1S/C16H23N3/c1-4-6-16(17-3)14-9-10-19(11-14)12-15-8-5-7-13(2)18-15/h5,7-11,16-17H,4,6,12H2,1-3H3. The van der Waals surface area contributed by atoms with Crippen LogP contribution in [0, 0.1) is 6.92 Å². The molecule has 0 radical (unpaired) electrons. The molecule has 0 aliphatic heterocycles. The number of hydrogen-bond donors (Lipinski definition) is 1. The van der Waals surface area contributed by atoms with Gasteiger partial charge in [-0.3, -0.25) is 4.98 Å². The molecule has 0 aromatic carbocycles. The van der Waals surface area contributed by atoms with Crippen LogP contribution in [-0.4, -0.2) is 16.6 Å². The second kappa shape index (κ2) is 6.53. The number of nitrogens with zero attached hydrogens (tertiary/aromatic N) is 2. The van der Waals surface area contributed by atoms with Crippen molar-refractivity contribution in [3.05, 3.63) is 53.6 Å². The number of hydrogen-bond acceptors (Lipinski definition) is 2. The molecule has 0 aliphatic carbocycles. The molecule has 19 heavy (non-hydrogen) atoms. The van der Waals surface area contributed by atoms with Crippen molar-refractivity contribution in [2.75, 3.05) is 7.05 Å². The third kappa shape index (κ3) is 3.67. The monoisotopic (exact) mass is 257 g/mol. The number of nitrogens with one attached hydrogen (secondary N) is 1. The molecule has 3 heteroatoms. The molecule has 1 N–H and O–H groups in total. The first-order valence-corrected chi connectivity index (χ1v) is 6.98. The minimum Gasteiger partial charge on any atom is -0.348 e. The molecule has 1 atom stereocenters. The number of rotatable bonds is 6. The first-order valence-electron chi connectivity index (χ1n) is 6.98. The number of aromatic nitrogens is 2. The zero-order valence-corrected chi connectivity index (χ0v) is 12.1. The van der Waals surface area contributed by atoms with E-state index in [0.29, 0.717) is 6.04 Å². The Balaban J connectivity index is 2.08. The topological polar surface area (TPSA) is 29.9 Å². The van der Waals surface area contributed by atoms with Crippen LogP contribution in [0.25, 0.3) is 0 Å². The molecule has 1 unspecified atom stereocenters. The van der Waals surface area contributed by atoms with E-state index in [9.17, 15) is 0 Å². The van der Waals surface area contributed by atoms with Gasteiger partial charge < -0.3 is 9.88 Å². The molecule has 0 amide bonds. The van der Waals surface area contributed by atoms with Crippen molar-refractivity contribution in [3.8, 4) is 0 Å². The van der Waals surface area contributed by atoms with Gasteiger partial charge in [0.25, 0.3) is 0 Å². The molecule has 0 saturated carbocycles. The van der Waals surface area contributed by atoms with E-state index in [1.165, 1.54) is 18.4 Å². The highest BCUT2D eigenvalue weighted by atomic mass is 15.0. The van der Waals surface area contributed by atoms with E-state index in [-0.39, 0.29) is 0 Å². The minimum atomic E-state index is 0.455. The maximum atomic E-state index is 4.54. The zero-order chi connectivity index (χ0) is 13.7. The molecular formula is C16H23N3. The van der Waals surface area contributed by atoms with Gasteiger partial charge in [0.15, 0.2) is 0 Å². The highest BCUT2D eigenvalue weighted by Gasteiger charge is 2.09. The largest absolute Gasteiger partial charge is 0.348 e. The van der Waals surface area contributed by atoms with Crippen LogP contribution >= 0.6 is 0 Å². The second-order valence-corrected chi connectivity index (χ2v) is 5.02. The number of aryl methyl sites for hydroxylation is 1. The predicted octanol–water partition coefficient (Wildman–Crippen LogP) is 3.30. The van der Waals surface area contributed by atoms with Crippen LogP contribution < -0.4 is 5.32 Å². The third-order valence-corrected chi connectivity index (χ3v) is 3.39. The Kier molecular flexibility index (Phi) is 4.74. The van der Waals surface area contributed by atoms with E-state index in [1.807, 2.05) is 20.0 Å². The Hall–Kier alpha value is -1.61. The minimum absolute atomic E-state index is 0.455. The van der Waals surface area contributed by atoms with Gasteiger partial charge >= 0.3 is 0 Å². The summed E-state index contributed by atoms with van der Waals surface area (Å²) in [5.74, 6) is 0. The fourth-order valence-corrected chi connectivity index (χ4v) is 2.40. The molecule has 0 spiro atoms. The average molecular weight is 257 g/mol. The highest BCUT2D eigenvalue weighted by molar-refractivity contribution is 5.17. The molecule has 102 valence electrons. The van der Waals surface area contributed by atoms with Crippen LogP contribution in [0.15, 0.2) is 36.7 Å². The summed E-state index contributed by atoms with van der Waals surface area (Å²) >= 11 is 0. The van der Waals surface area contributed by atoms with Crippen LogP contribution in [0.1, 0.15) is 42.8 Å². The highest BCUT2D eigenvalue weighted by Crippen LogP contribution is 2.18. The molecule has 0 fully saturated rings. The first kappa shape index (κ1) is 13.8. The summed E-state index contributed by atoms with van der Waals surface area (Å²) in [6.45, 7) is 5.09. The molecule has 2 heterocycles. The van der Waals surface area contributed by atoms with Crippen LogP contribution in [0.3, 0.4) is 0 Å². The second-order valence-electron chi connectivity index (χ2n) is 5.02. The van der Waals surface area contributed by atoms with Gasteiger partial charge in [0.1, 0.15) is 0 Å². The predicted molar refractivity (Wildman–Crippen MR) is 79.2 cm³/mol. The van der Waals surface area contributed by atoms with Crippen molar-refractivity contribution in [2.24, 2.45) is 0 Å². The molecule has 2 aromatic heterocycles. The maximum absolute atomic E-state index is 4.54. The molecule has 3 nitrogen and oxygen atoms in total. The van der Waals surface area contributed by atoms with Crippen molar-refractivity contribution in [1.82, 2.24) is 14.9 Å². The van der Waals surface area contributed by atoms with Gasteiger partial charge in [-0.2, -0.15) is 0 Å². The first-order chi connectivity index (χ1) is 9.22. The lowest BCUT2D eigenvalue weighted by Crippen LogP contribution is -2.15. The van der Waals surface area contributed by atoms with Crippen molar-refractivity contribution in [2.45, 2.75) is 39.3 Å². The summed E-state index contributed by atoms with van der Waals surface area (Å²) in [4.78, 5) is 4.54. The summed E-state index contributed by atoms with van der Waals surface area (Å²) in [5.41, 5.74) is 3.54. The van der Waals surface area contributed by atoms with E-state index in [2.05, 4.69) is 52.4 Å². The van der Waals surface area contributed by atoms with Crippen molar-refractivity contribution >= 4 is 0 Å². The van der Waals surface area contributed by atoms with Crippen molar-refractivity contribution in [3.63, 3.8) is 0 Å². The smallest absolute Gasteiger partial charge is 0.0642 e. The van der Waals surface area contributed by atoms with E-state index >= 15 is 0 Å². The SMILES string of the molecule is CCCC(NC)c1ccn(Cc2cccc(C)n2)c1. The zero-order valence-electron chi connectivity index (χ0n) is 12.1. The lowest BCUT2D eigenvalue weighted by atomic mass is 10.1. The van der Waals surface area contributed by atoms with Gasteiger partial charge in [-0.15, -0.1) is 0 Å². The van der Waals surface area contributed by atoms with Crippen LogP contribution in [0.4, 0.5) is 0 Å². The molecule has 2 aromatic rings. The Labute approximate surface area is 115 Å². The summed E-state index contributed by atoms with van der Waals surface area (Å²) < 4.78 is 2.21. The van der Waals surface area contributed by atoms with Crippen molar-refractivity contribution < 1.29 is 0 Å². The summed E-state index contributed by atoms with van der Waals surface area (Å²) in [6, 6.07) is 8.83. The summed E-state index contributed by atoms with van der Waals surface area (Å²) in [6.07, 6.45) is 6.72. The quantitative estimate of drug-likeness (QED) is 0.860. The molecule has 0 aliphatic rings. The maximum Gasteiger partial charge on any atom is 0.0642 e. The van der Waals surface area contributed by atoms with Gasteiger partial charge in [0, 0.05) is 24.1 Å². The van der Waals surface area contributed by atoms with Crippen molar-refractivity contribution in [1.29, 1.82) is 0 Å². The third-order valence-electron chi connectivity index (χ3n) is 3.39. The van der Waals surface area contributed by atoms with Crippen LogP contribution in [0.5, 0.6) is 0 Å². The lowest BCUT2D eigenvalue weighted by molar-refractivity contribution is 0.540.